The fourth-order valence-electron chi connectivity index (χ4n) is 1.92. The van der Waals surface area contributed by atoms with Crippen molar-refractivity contribution in [1.82, 2.24) is 0 Å². The van der Waals surface area contributed by atoms with Crippen molar-refractivity contribution in [3.8, 4) is 5.75 Å². The van der Waals surface area contributed by atoms with E-state index in [1.54, 1.807) is 12.1 Å². The van der Waals surface area contributed by atoms with Gasteiger partial charge in [0.1, 0.15) is 10.6 Å². The number of alkyl halides is 1. The molecule has 0 amide bonds. The Hall–Kier alpha value is -2.54. The fourth-order valence-corrected chi connectivity index (χ4v) is 2.43. The fraction of sp³-hybridized carbons (Fsp3) is 0.125. The molecule has 0 N–H and O–H groups in total. The lowest BCUT2D eigenvalue weighted by atomic mass is 10.0. The molecule has 0 bridgehead atoms. The van der Waals surface area contributed by atoms with Crippen molar-refractivity contribution in [2.75, 3.05) is 7.11 Å². The average Bonchev–Trinajstić information content (AvgIpc) is 2.60. The molecule has 1 atom stereocenters. The number of nitro benzene ring substituents is 1. The van der Waals surface area contributed by atoms with Crippen LogP contribution in [0.3, 0.4) is 0 Å². The molecule has 0 aromatic heterocycles. The molecule has 0 saturated carbocycles. The SMILES string of the molecule is COc1ccc(C(=O)C(=O)C(Br)c2ccc([N+](=O)[O-])cc2)cc1. The number of nitrogens with zero attached hydrogens (tertiary/aromatic N) is 1. The van der Waals surface area contributed by atoms with Crippen molar-refractivity contribution < 1.29 is 19.2 Å². The number of carbonyl (C=O) groups excluding carboxylic acids is 2. The Kier molecular flexibility index (Phi) is 5.23. The highest BCUT2D eigenvalue weighted by Gasteiger charge is 2.25. The number of nitro groups is 1. The Bertz CT molecular complexity index is 740. The summed E-state index contributed by atoms with van der Waals surface area (Å²) in [5, 5.41) is 10.6. The summed E-state index contributed by atoms with van der Waals surface area (Å²) >= 11 is 3.17. The van der Waals surface area contributed by atoms with E-state index in [0.29, 0.717) is 11.3 Å². The summed E-state index contributed by atoms with van der Waals surface area (Å²) < 4.78 is 5.00. The molecule has 0 aliphatic carbocycles. The van der Waals surface area contributed by atoms with Gasteiger partial charge in [-0.3, -0.25) is 19.7 Å². The van der Waals surface area contributed by atoms with Crippen LogP contribution in [-0.2, 0) is 4.79 Å². The first-order chi connectivity index (χ1) is 10.9. The van der Waals surface area contributed by atoms with Gasteiger partial charge in [-0.1, -0.05) is 28.1 Å². The topological polar surface area (TPSA) is 86.5 Å². The van der Waals surface area contributed by atoms with Crippen LogP contribution in [0.15, 0.2) is 48.5 Å². The van der Waals surface area contributed by atoms with Crippen molar-refractivity contribution in [3.05, 3.63) is 69.8 Å². The quantitative estimate of drug-likeness (QED) is 0.253. The van der Waals surface area contributed by atoms with Crippen LogP contribution in [0.25, 0.3) is 0 Å². The second-order valence-electron chi connectivity index (χ2n) is 4.63. The summed E-state index contributed by atoms with van der Waals surface area (Å²) in [7, 11) is 1.51. The van der Waals surface area contributed by atoms with Gasteiger partial charge in [-0.25, -0.2) is 0 Å². The number of hydrogen-bond acceptors (Lipinski definition) is 5. The standard InChI is InChI=1S/C16H12BrNO5/c1-23-13-8-4-11(5-9-13)15(19)16(20)14(17)10-2-6-12(7-3-10)18(21)22/h2-9,14H,1H3. The molecule has 1 unspecified atom stereocenters. The minimum absolute atomic E-state index is 0.0811. The molecule has 23 heavy (non-hydrogen) atoms. The number of halogens is 1. The lowest BCUT2D eigenvalue weighted by Crippen LogP contribution is -2.18. The van der Waals surface area contributed by atoms with Crippen LogP contribution in [-0.4, -0.2) is 23.6 Å². The first-order valence-corrected chi connectivity index (χ1v) is 7.46. The predicted molar refractivity (Wildman–Crippen MR) is 87.1 cm³/mol. The third kappa shape index (κ3) is 3.81. The number of ketones is 2. The van der Waals surface area contributed by atoms with Crippen LogP contribution in [0.5, 0.6) is 5.75 Å². The minimum Gasteiger partial charge on any atom is -0.497 e. The van der Waals surface area contributed by atoms with Gasteiger partial charge in [0.05, 0.1) is 12.0 Å². The Balaban J connectivity index is 2.17. The molecule has 7 heteroatoms. The van der Waals surface area contributed by atoms with Gasteiger partial charge in [-0.05, 0) is 29.8 Å². The lowest BCUT2D eigenvalue weighted by Gasteiger charge is -2.08. The van der Waals surface area contributed by atoms with Crippen LogP contribution in [0.2, 0.25) is 0 Å². The van der Waals surface area contributed by atoms with Crippen molar-refractivity contribution >= 4 is 33.2 Å². The zero-order valence-corrected chi connectivity index (χ0v) is 13.6. The lowest BCUT2D eigenvalue weighted by molar-refractivity contribution is -0.384. The summed E-state index contributed by atoms with van der Waals surface area (Å²) in [6.45, 7) is 0. The highest BCUT2D eigenvalue weighted by atomic mass is 79.9. The zero-order chi connectivity index (χ0) is 17.0. The molecule has 0 fully saturated rings. The van der Waals surface area contributed by atoms with E-state index in [2.05, 4.69) is 15.9 Å². The molecule has 118 valence electrons. The number of Topliss-reactive ketones (excluding diaryl/α,β-unsaturated/α-hetero) is 2. The summed E-state index contributed by atoms with van der Waals surface area (Å²) in [6.07, 6.45) is 0. The minimum atomic E-state index is -0.863. The van der Waals surface area contributed by atoms with Gasteiger partial charge < -0.3 is 4.74 Å². The maximum Gasteiger partial charge on any atom is 0.269 e. The van der Waals surface area contributed by atoms with Gasteiger partial charge in [-0.2, -0.15) is 0 Å². The van der Waals surface area contributed by atoms with E-state index < -0.39 is 21.3 Å². The number of hydrogen-bond donors (Lipinski definition) is 0. The van der Waals surface area contributed by atoms with Crippen molar-refractivity contribution in [2.24, 2.45) is 0 Å². The number of methoxy groups -OCH3 is 1. The molecular weight excluding hydrogens is 366 g/mol. The maximum absolute atomic E-state index is 12.3. The van der Waals surface area contributed by atoms with Gasteiger partial charge >= 0.3 is 0 Å². The monoisotopic (exact) mass is 377 g/mol. The third-order valence-electron chi connectivity index (χ3n) is 3.20. The normalized spacial score (nSPS) is 11.6. The van der Waals surface area contributed by atoms with E-state index in [0.717, 1.165) is 0 Å². The summed E-state index contributed by atoms with van der Waals surface area (Å²) in [6, 6.07) is 11.7. The average molecular weight is 378 g/mol. The Morgan fingerprint density at radius 1 is 1.09 bits per heavy atom. The second kappa shape index (κ2) is 7.15. The molecule has 0 saturated heterocycles. The van der Waals surface area contributed by atoms with Gasteiger partial charge in [-0.15, -0.1) is 0 Å². The molecule has 6 nitrogen and oxygen atoms in total. The van der Waals surface area contributed by atoms with Gasteiger partial charge in [0, 0.05) is 17.7 Å². The third-order valence-corrected chi connectivity index (χ3v) is 4.15. The highest BCUT2D eigenvalue weighted by molar-refractivity contribution is 9.09. The van der Waals surface area contributed by atoms with E-state index in [1.807, 2.05) is 0 Å². The summed E-state index contributed by atoms with van der Waals surface area (Å²) in [4.78, 5) is 33.7. The number of rotatable bonds is 6. The van der Waals surface area contributed by atoms with Crippen LogP contribution in [0.4, 0.5) is 5.69 Å². The van der Waals surface area contributed by atoms with E-state index in [4.69, 9.17) is 4.74 Å². The first-order valence-electron chi connectivity index (χ1n) is 6.55. The molecule has 2 rings (SSSR count). The Morgan fingerprint density at radius 3 is 2.13 bits per heavy atom. The molecule has 0 aliphatic rings. The Labute approximate surface area is 140 Å². The van der Waals surface area contributed by atoms with Gasteiger partial charge in [0.2, 0.25) is 11.6 Å². The molecule has 0 spiro atoms. The zero-order valence-electron chi connectivity index (χ0n) is 12.1. The molecule has 0 radical (unpaired) electrons. The van der Waals surface area contributed by atoms with Crippen LogP contribution in [0, 0.1) is 10.1 Å². The molecular formula is C16H12BrNO5. The largest absolute Gasteiger partial charge is 0.497 e. The van der Waals surface area contributed by atoms with E-state index >= 15 is 0 Å². The van der Waals surface area contributed by atoms with Crippen LogP contribution >= 0.6 is 15.9 Å². The number of benzene rings is 2. The van der Waals surface area contributed by atoms with E-state index in [9.17, 15) is 19.7 Å². The van der Waals surface area contributed by atoms with Crippen LogP contribution < -0.4 is 4.74 Å². The molecule has 2 aromatic carbocycles. The van der Waals surface area contributed by atoms with Crippen molar-refractivity contribution in [2.45, 2.75) is 4.83 Å². The number of non-ortho nitro benzene ring substituents is 1. The van der Waals surface area contributed by atoms with Crippen molar-refractivity contribution in [1.29, 1.82) is 0 Å². The van der Waals surface area contributed by atoms with E-state index in [1.165, 1.54) is 43.5 Å². The predicted octanol–water partition coefficient (Wildman–Crippen LogP) is 3.49. The molecule has 0 heterocycles. The number of ether oxygens (including phenoxy) is 1. The van der Waals surface area contributed by atoms with Gasteiger partial charge in [0.25, 0.3) is 5.69 Å². The van der Waals surface area contributed by atoms with Crippen molar-refractivity contribution in [3.63, 3.8) is 0 Å². The smallest absolute Gasteiger partial charge is 0.269 e. The Morgan fingerprint density at radius 2 is 1.65 bits per heavy atom. The summed E-state index contributed by atoms with van der Waals surface area (Å²) in [5.74, 6) is -0.711. The van der Waals surface area contributed by atoms with Gasteiger partial charge in [0.15, 0.2) is 0 Å². The highest BCUT2D eigenvalue weighted by Crippen LogP contribution is 2.27. The second-order valence-corrected chi connectivity index (χ2v) is 5.55. The maximum atomic E-state index is 12.3. The van der Waals surface area contributed by atoms with Crippen LogP contribution in [0.1, 0.15) is 20.7 Å². The summed E-state index contributed by atoms with van der Waals surface area (Å²) in [5.41, 5.74) is 0.645. The van der Waals surface area contributed by atoms with E-state index in [-0.39, 0.29) is 11.3 Å². The molecule has 2 aromatic rings. The molecule has 0 aliphatic heterocycles. The number of carbonyl (C=O) groups is 2. The first kappa shape index (κ1) is 16.8.